The summed E-state index contributed by atoms with van der Waals surface area (Å²) in [5.74, 6) is 0.349. The zero-order chi connectivity index (χ0) is 25.0. The summed E-state index contributed by atoms with van der Waals surface area (Å²) in [6, 6.07) is 22.4. The molecule has 3 aromatic rings. The summed E-state index contributed by atoms with van der Waals surface area (Å²) < 4.78 is 10.9. The third-order valence-corrected chi connectivity index (χ3v) is 5.64. The first kappa shape index (κ1) is 26.1. The lowest BCUT2D eigenvalue weighted by Gasteiger charge is -2.31. The van der Waals surface area contributed by atoms with Crippen molar-refractivity contribution in [2.24, 2.45) is 0 Å². The van der Waals surface area contributed by atoms with Crippen molar-refractivity contribution in [3.63, 3.8) is 0 Å². The van der Waals surface area contributed by atoms with Crippen LogP contribution >= 0.6 is 11.6 Å². The Balaban J connectivity index is 1.92. The first-order valence-electron chi connectivity index (χ1n) is 11.3. The zero-order valence-corrected chi connectivity index (χ0v) is 20.3. The summed E-state index contributed by atoms with van der Waals surface area (Å²) in [4.78, 5) is 28.3. The third kappa shape index (κ3) is 7.47. The van der Waals surface area contributed by atoms with Crippen molar-refractivity contribution < 1.29 is 24.2 Å². The van der Waals surface area contributed by atoms with Crippen molar-refractivity contribution in [3.8, 4) is 11.5 Å². The molecule has 3 aromatic carbocycles. The van der Waals surface area contributed by atoms with E-state index >= 15 is 0 Å². The standard InChI is InChI=1S/C27H29ClN2O5/c1-34-22-14-12-20(13-15-22)18-30(25(32)19-35-24-11-6-5-10-23(24)28)26(21-8-3-2-4-9-21)27(33)29-16-7-17-31/h2-6,8-15,26,31H,7,16-19H2,1H3,(H,29,33). The van der Waals surface area contributed by atoms with Gasteiger partial charge in [-0.15, -0.1) is 0 Å². The monoisotopic (exact) mass is 496 g/mol. The van der Waals surface area contributed by atoms with Crippen LogP contribution in [-0.2, 0) is 16.1 Å². The maximum absolute atomic E-state index is 13.5. The average molecular weight is 497 g/mol. The van der Waals surface area contributed by atoms with Crippen molar-refractivity contribution >= 4 is 23.4 Å². The van der Waals surface area contributed by atoms with E-state index in [1.807, 2.05) is 30.3 Å². The molecule has 35 heavy (non-hydrogen) atoms. The highest BCUT2D eigenvalue weighted by Gasteiger charge is 2.31. The van der Waals surface area contributed by atoms with Gasteiger partial charge in [-0.25, -0.2) is 0 Å². The largest absolute Gasteiger partial charge is 0.497 e. The second kappa shape index (κ2) is 13.4. The molecule has 0 aliphatic carbocycles. The summed E-state index contributed by atoms with van der Waals surface area (Å²) in [6.45, 7) is 0.116. The Morgan fingerprint density at radius 1 is 1.00 bits per heavy atom. The molecule has 7 nitrogen and oxygen atoms in total. The fourth-order valence-electron chi connectivity index (χ4n) is 3.53. The number of hydrogen-bond acceptors (Lipinski definition) is 5. The van der Waals surface area contributed by atoms with Gasteiger partial charge in [0.25, 0.3) is 5.91 Å². The van der Waals surface area contributed by atoms with Crippen LogP contribution in [0.3, 0.4) is 0 Å². The maximum atomic E-state index is 13.5. The van der Waals surface area contributed by atoms with Crippen LogP contribution in [0, 0.1) is 0 Å². The molecule has 0 bridgehead atoms. The molecule has 0 aliphatic heterocycles. The summed E-state index contributed by atoms with van der Waals surface area (Å²) in [7, 11) is 1.58. The number of ether oxygens (including phenoxy) is 2. The topological polar surface area (TPSA) is 88.1 Å². The molecule has 0 aliphatic rings. The Morgan fingerprint density at radius 2 is 1.69 bits per heavy atom. The van der Waals surface area contributed by atoms with Crippen LogP contribution in [0.25, 0.3) is 0 Å². The molecule has 1 unspecified atom stereocenters. The first-order valence-corrected chi connectivity index (χ1v) is 11.6. The lowest BCUT2D eigenvalue weighted by molar-refractivity contribution is -0.143. The summed E-state index contributed by atoms with van der Waals surface area (Å²) >= 11 is 6.18. The minimum Gasteiger partial charge on any atom is -0.497 e. The summed E-state index contributed by atoms with van der Waals surface area (Å²) in [5, 5.41) is 12.3. The van der Waals surface area contributed by atoms with Gasteiger partial charge in [-0.2, -0.15) is 0 Å². The van der Waals surface area contributed by atoms with Gasteiger partial charge >= 0.3 is 0 Å². The van der Waals surface area contributed by atoms with Crippen LogP contribution in [0.1, 0.15) is 23.6 Å². The number of benzene rings is 3. The number of rotatable bonds is 12. The molecule has 0 fully saturated rings. The number of hydrogen-bond donors (Lipinski definition) is 2. The Labute approximate surface area is 210 Å². The van der Waals surface area contributed by atoms with Gasteiger partial charge in [0, 0.05) is 19.7 Å². The van der Waals surface area contributed by atoms with Gasteiger partial charge in [-0.05, 0) is 41.8 Å². The molecule has 2 amide bonds. The minimum atomic E-state index is -0.903. The van der Waals surface area contributed by atoms with Gasteiger partial charge in [0.1, 0.15) is 17.5 Å². The highest BCUT2D eigenvalue weighted by atomic mass is 35.5. The molecule has 0 radical (unpaired) electrons. The molecule has 3 rings (SSSR count). The lowest BCUT2D eigenvalue weighted by atomic mass is 10.0. The number of halogens is 1. The number of para-hydroxylation sites is 1. The Kier molecular flexibility index (Phi) is 9.95. The van der Waals surface area contributed by atoms with E-state index in [9.17, 15) is 9.59 Å². The number of aliphatic hydroxyl groups excluding tert-OH is 1. The van der Waals surface area contributed by atoms with E-state index < -0.39 is 6.04 Å². The molecule has 184 valence electrons. The summed E-state index contributed by atoms with van der Waals surface area (Å²) in [6.07, 6.45) is 0.412. The number of carbonyl (C=O) groups is 2. The second-order valence-corrected chi connectivity index (χ2v) is 8.18. The van der Waals surface area contributed by atoms with Crippen molar-refractivity contribution in [2.75, 3.05) is 26.9 Å². The molecule has 1 atom stereocenters. The molecule has 0 aromatic heterocycles. The van der Waals surface area contributed by atoms with Gasteiger partial charge in [0.2, 0.25) is 5.91 Å². The fourth-order valence-corrected chi connectivity index (χ4v) is 3.72. The minimum absolute atomic E-state index is 0.0452. The zero-order valence-electron chi connectivity index (χ0n) is 19.5. The van der Waals surface area contributed by atoms with E-state index in [4.69, 9.17) is 26.2 Å². The van der Waals surface area contributed by atoms with Crippen molar-refractivity contribution in [1.82, 2.24) is 10.2 Å². The molecule has 2 N–H and O–H groups in total. The van der Waals surface area contributed by atoms with Gasteiger partial charge in [0.15, 0.2) is 6.61 Å². The van der Waals surface area contributed by atoms with Gasteiger partial charge < -0.3 is 24.8 Å². The molecule has 0 saturated heterocycles. The van der Waals surface area contributed by atoms with E-state index in [0.717, 1.165) is 5.56 Å². The fraction of sp³-hybridized carbons (Fsp3) is 0.259. The Morgan fingerprint density at radius 3 is 2.34 bits per heavy atom. The number of nitrogens with one attached hydrogen (secondary N) is 1. The molecule has 0 spiro atoms. The van der Waals surface area contributed by atoms with Crippen LogP contribution in [0.5, 0.6) is 11.5 Å². The average Bonchev–Trinajstić information content (AvgIpc) is 2.89. The quantitative estimate of drug-likeness (QED) is 0.370. The molecule has 0 saturated carbocycles. The number of nitrogens with zero attached hydrogens (tertiary/aromatic N) is 1. The van der Waals surface area contributed by atoms with Crippen molar-refractivity contribution in [2.45, 2.75) is 19.0 Å². The molecular formula is C27H29ClN2O5. The number of aliphatic hydroxyl groups is 1. The number of methoxy groups -OCH3 is 1. The van der Waals surface area contributed by atoms with Crippen LogP contribution in [0.4, 0.5) is 0 Å². The SMILES string of the molecule is COc1ccc(CN(C(=O)COc2ccccc2Cl)C(C(=O)NCCCO)c2ccccc2)cc1. The Hall–Kier alpha value is -3.55. The highest BCUT2D eigenvalue weighted by molar-refractivity contribution is 6.32. The van der Waals surface area contributed by atoms with Crippen LogP contribution in [0.15, 0.2) is 78.9 Å². The number of amides is 2. The normalized spacial score (nSPS) is 11.4. The van der Waals surface area contributed by atoms with Crippen LogP contribution in [-0.4, -0.2) is 48.7 Å². The van der Waals surface area contributed by atoms with E-state index in [2.05, 4.69) is 5.32 Å². The van der Waals surface area contributed by atoms with Crippen LogP contribution in [0.2, 0.25) is 5.02 Å². The maximum Gasteiger partial charge on any atom is 0.261 e. The smallest absolute Gasteiger partial charge is 0.261 e. The number of carbonyl (C=O) groups excluding carboxylic acids is 2. The second-order valence-electron chi connectivity index (χ2n) is 7.77. The first-order chi connectivity index (χ1) is 17.0. The van der Waals surface area contributed by atoms with Gasteiger partial charge in [-0.1, -0.05) is 66.2 Å². The summed E-state index contributed by atoms with van der Waals surface area (Å²) in [5.41, 5.74) is 1.48. The van der Waals surface area contributed by atoms with E-state index in [1.54, 1.807) is 55.6 Å². The van der Waals surface area contributed by atoms with Crippen LogP contribution < -0.4 is 14.8 Å². The Bertz CT molecular complexity index is 1090. The third-order valence-electron chi connectivity index (χ3n) is 5.33. The van der Waals surface area contributed by atoms with E-state index in [0.29, 0.717) is 35.1 Å². The van der Waals surface area contributed by atoms with Gasteiger partial charge in [-0.3, -0.25) is 9.59 Å². The predicted molar refractivity (Wildman–Crippen MR) is 134 cm³/mol. The van der Waals surface area contributed by atoms with Gasteiger partial charge in [0.05, 0.1) is 12.1 Å². The van der Waals surface area contributed by atoms with Crippen molar-refractivity contribution in [3.05, 3.63) is 95.0 Å². The molecule has 0 heterocycles. The highest BCUT2D eigenvalue weighted by Crippen LogP contribution is 2.26. The lowest BCUT2D eigenvalue weighted by Crippen LogP contribution is -2.45. The van der Waals surface area contributed by atoms with E-state index in [-0.39, 0.29) is 31.6 Å². The predicted octanol–water partition coefficient (Wildman–Crippen LogP) is 4.00. The molecule has 8 heteroatoms. The molecular weight excluding hydrogens is 468 g/mol. The van der Waals surface area contributed by atoms with Crippen molar-refractivity contribution in [1.29, 1.82) is 0 Å². The van der Waals surface area contributed by atoms with E-state index in [1.165, 1.54) is 4.90 Å².